The lowest BCUT2D eigenvalue weighted by atomic mass is 10.0. The van der Waals surface area contributed by atoms with Crippen LogP contribution < -0.4 is 11.3 Å². The molecule has 0 heterocycles. The van der Waals surface area contributed by atoms with Gasteiger partial charge in [-0.25, -0.2) is 4.39 Å². The maximum absolute atomic E-state index is 13.6. The van der Waals surface area contributed by atoms with Crippen molar-refractivity contribution in [2.24, 2.45) is 5.84 Å². The van der Waals surface area contributed by atoms with E-state index < -0.39 is 0 Å². The van der Waals surface area contributed by atoms with Gasteiger partial charge in [0.15, 0.2) is 0 Å². The van der Waals surface area contributed by atoms with Crippen molar-refractivity contribution in [3.63, 3.8) is 0 Å². The summed E-state index contributed by atoms with van der Waals surface area (Å²) in [6, 6.07) is 4.67. The Kier molecular flexibility index (Phi) is 4.08. The van der Waals surface area contributed by atoms with Crippen molar-refractivity contribution in [2.45, 2.75) is 12.5 Å². The minimum atomic E-state index is -0.350. The Hall–Kier alpha value is -0.890. The van der Waals surface area contributed by atoms with Crippen LogP contribution in [0, 0.1) is 18.2 Å². The lowest BCUT2D eigenvalue weighted by Crippen LogP contribution is -2.28. The molecule has 1 aromatic carbocycles. The Morgan fingerprint density at radius 1 is 1.64 bits per heavy atom. The summed E-state index contributed by atoms with van der Waals surface area (Å²) in [5.74, 6) is 7.39. The summed E-state index contributed by atoms with van der Waals surface area (Å²) in [6.45, 7) is 0. The van der Waals surface area contributed by atoms with Crippen molar-refractivity contribution < 1.29 is 4.39 Å². The summed E-state index contributed by atoms with van der Waals surface area (Å²) >= 11 is 3.10. The van der Waals surface area contributed by atoms with Gasteiger partial charge in [0.1, 0.15) is 5.82 Å². The average molecular weight is 257 g/mol. The molecule has 14 heavy (non-hydrogen) atoms. The topological polar surface area (TPSA) is 38.0 Å². The lowest BCUT2D eigenvalue weighted by Gasteiger charge is -2.14. The second-order valence-corrected chi connectivity index (χ2v) is 3.62. The molecule has 1 aromatic rings. The first-order valence-electron chi connectivity index (χ1n) is 4.04. The van der Waals surface area contributed by atoms with Gasteiger partial charge in [0.05, 0.1) is 10.5 Å². The molecule has 0 radical (unpaired) electrons. The molecule has 0 saturated heterocycles. The third kappa shape index (κ3) is 2.32. The second-order valence-electron chi connectivity index (χ2n) is 2.77. The first-order valence-corrected chi connectivity index (χ1v) is 4.83. The van der Waals surface area contributed by atoms with Crippen molar-refractivity contribution in [3.8, 4) is 12.3 Å². The summed E-state index contributed by atoms with van der Waals surface area (Å²) < 4.78 is 14.0. The summed E-state index contributed by atoms with van der Waals surface area (Å²) in [7, 11) is 0. The van der Waals surface area contributed by atoms with E-state index in [1.165, 1.54) is 0 Å². The number of nitrogens with one attached hydrogen (secondary N) is 1. The molecule has 0 bridgehead atoms. The van der Waals surface area contributed by atoms with Crippen LogP contribution in [-0.2, 0) is 0 Å². The lowest BCUT2D eigenvalue weighted by molar-refractivity contribution is 0.518. The summed E-state index contributed by atoms with van der Waals surface area (Å²) in [5.41, 5.74) is 2.96. The van der Waals surface area contributed by atoms with Gasteiger partial charge in [0, 0.05) is 12.0 Å². The highest BCUT2D eigenvalue weighted by molar-refractivity contribution is 9.10. The van der Waals surface area contributed by atoms with Gasteiger partial charge < -0.3 is 0 Å². The van der Waals surface area contributed by atoms with Crippen molar-refractivity contribution in [1.29, 1.82) is 0 Å². The highest BCUT2D eigenvalue weighted by atomic mass is 79.9. The average Bonchev–Trinajstić information content (AvgIpc) is 2.19. The van der Waals surface area contributed by atoms with Gasteiger partial charge in [-0.05, 0) is 22.0 Å². The largest absolute Gasteiger partial charge is 0.271 e. The van der Waals surface area contributed by atoms with Crippen molar-refractivity contribution >= 4 is 15.9 Å². The van der Waals surface area contributed by atoms with Crippen LogP contribution in [0.15, 0.2) is 22.7 Å². The molecule has 0 aliphatic rings. The smallest absolute Gasteiger partial charge is 0.142 e. The maximum Gasteiger partial charge on any atom is 0.142 e. The highest BCUT2D eigenvalue weighted by Gasteiger charge is 2.14. The molecule has 0 aromatic heterocycles. The highest BCUT2D eigenvalue weighted by Crippen LogP contribution is 2.24. The molecule has 74 valence electrons. The van der Waals surface area contributed by atoms with Crippen LogP contribution in [0.2, 0.25) is 0 Å². The molecule has 4 heteroatoms. The van der Waals surface area contributed by atoms with E-state index in [4.69, 9.17) is 12.3 Å². The van der Waals surface area contributed by atoms with Crippen LogP contribution in [0.25, 0.3) is 0 Å². The molecular formula is C10H10BrFN2. The number of benzene rings is 1. The van der Waals surface area contributed by atoms with E-state index in [1.54, 1.807) is 18.2 Å². The zero-order valence-corrected chi connectivity index (χ0v) is 9.01. The quantitative estimate of drug-likeness (QED) is 0.494. The van der Waals surface area contributed by atoms with Gasteiger partial charge in [0.2, 0.25) is 0 Å². The van der Waals surface area contributed by atoms with E-state index in [-0.39, 0.29) is 11.9 Å². The molecule has 0 aliphatic heterocycles. The molecular weight excluding hydrogens is 247 g/mol. The van der Waals surface area contributed by atoms with Crippen LogP contribution in [0.5, 0.6) is 0 Å². The Morgan fingerprint density at radius 3 is 2.93 bits per heavy atom. The third-order valence-electron chi connectivity index (χ3n) is 1.88. The zero-order valence-electron chi connectivity index (χ0n) is 7.43. The molecule has 0 fully saturated rings. The van der Waals surface area contributed by atoms with Crippen LogP contribution in [0.1, 0.15) is 18.0 Å². The normalized spacial score (nSPS) is 12.1. The Labute approximate surface area is 90.8 Å². The zero-order chi connectivity index (χ0) is 10.6. The van der Waals surface area contributed by atoms with Crippen molar-refractivity contribution in [1.82, 2.24) is 5.43 Å². The van der Waals surface area contributed by atoms with Gasteiger partial charge >= 0.3 is 0 Å². The molecule has 0 spiro atoms. The molecule has 0 aliphatic carbocycles. The third-order valence-corrected chi connectivity index (χ3v) is 2.49. The van der Waals surface area contributed by atoms with Crippen LogP contribution in [-0.4, -0.2) is 0 Å². The first kappa shape index (κ1) is 11.2. The molecule has 0 saturated carbocycles. The van der Waals surface area contributed by atoms with Gasteiger partial charge in [-0.1, -0.05) is 12.1 Å². The second kappa shape index (κ2) is 5.11. The number of hydrogen-bond acceptors (Lipinski definition) is 2. The van der Waals surface area contributed by atoms with E-state index in [2.05, 4.69) is 27.3 Å². The maximum atomic E-state index is 13.6. The minimum absolute atomic E-state index is 0.328. The van der Waals surface area contributed by atoms with Gasteiger partial charge in [-0.2, -0.15) is 0 Å². The molecule has 0 amide bonds. The van der Waals surface area contributed by atoms with E-state index in [0.29, 0.717) is 16.5 Å². The van der Waals surface area contributed by atoms with E-state index in [9.17, 15) is 4.39 Å². The number of hydrazine groups is 1. The van der Waals surface area contributed by atoms with Gasteiger partial charge in [-0.3, -0.25) is 11.3 Å². The predicted molar refractivity (Wildman–Crippen MR) is 57.6 cm³/mol. The van der Waals surface area contributed by atoms with Crippen LogP contribution in [0.3, 0.4) is 0 Å². The predicted octanol–water partition coefficient (Wildman–Crippen LogP) is 2.12. The summed E-state index contributed by atoms with van der Waals surface area (Å²) in [6.07, 6.45) is 5.50. The number of rotatable bonds is 3. The monoisotopic (exact) mass is 256 g/mol. The molecule has 3 N–H and O–H groups in total. The number of terminal acetylenes is 1. The summed E-state index contributed by atoms with van der Waals surface area (Å²) in [5, 5.41) is 0. The molecule has 2 nitrogen and oxygen atoms in total. The van der Waals surface area contributed by atoms with E-state index in [1.807, 2.05) is 0 Å². The van der Waals surface area contributed by atoms with Crippen molar-refractivity contribution in [2.75, 3.05) is 0 Å². The minimum Gasteiger partial charge on any atom is -0.271 e. The van der Waals surface area contributed by atoms with E-state index >= 15 is 0 Å². The van der Waals surface area contributed by atoms with Crippen LogP contribution >= 0.6 is 15.9 Å². The van der Waals surface area contributed by atoms with Gasteiger partial charge in [0.25, 0.3) is 0 Å². The number of nitrogens with two attached hydrogens (primary N) is 1. The van der Waals surface area contributed by atoms with Crippen molar-refractivity contribution in [3.05, 3.63) is 34.1 Å². The van der Waals surface area contributed by atoms with Gasteiger partial charge in [-0.15, -0.1) is 12.3 Å². The van der Waals surface area contributed by atoms with E-state index in [0.717, 1.165) is 0 Å². The fraction of sp³-hybridized carbons (Fsp3) is 0.200. The molecule has 1 atom stereocenters. The summed E-state index contributed by atoms with van der Waals surface area (Å²) in [4.78, 5) is 0. The Morgan fingerprint density at radius 2 is 2.36 bits per heavy atom. The number of hydrogen-bond donors (Lipinski definition) is 2. The Balaban J connectivity index is 3.05. The fourth-order valence-corrected chi connectivity index (χ4v) is 1.55. The standard InChI is InChI=1S/C10H10BrFN2/c1-2-4-9(14-13)7-5-3-6-8(11)10(7)12/h1,3,5-6,9,14H,4,13H2. The fourth-order valence-electron chi connectivity index (χ4n) is 1.17. The Bertz CT molecular complexity index is 360. The van der Waals surface area contributed by atoms with Crippen LogP contribution in [0.4, 0.5) is 4.39 Å². The molecule has 1 unspecified atom stereocenters. The number of halogens is 2. The SMILES string of the molecule is C#CCC(NN)c1cccc(Br)c1F. The first-order chi connectivity index (χ1) is 6.70. The molecule has 1 rings (SSSR count).